The number of aromatic carboxylic acids is 1. The van der Waals surface area contributed by atoms with E-state index in [-0.39, 0.29) is 23.6 Å². The number of nitrogens with one attached hydrogen (secondary N) is 1. The summed E-state index contributed by atoms with van der Waals surface area (Å²) in [5.41, 5.74) is 0.736. The third kappa shape index (κ3) is 6.42. The largest absolute Gasteiger partial charge is 0.477 e. The predicted molar refractivity (Wildman–Crippen MR) is 126 cm³/mol. The molecule has 0 aliphatic carbocycles. The fraction of sp³-hybridized carbons (Fsp3) is 0.304. The van der Waals surface area contributed by atoms with Crippen LogP contribution in [0, 0.1) is 5.92 Å². The second kappa shape index (κ2) is 10.8. The Bertz CT molecular complexity index is 1130. The number of carbonyl (C=O) groups is 2. The summed E-state index contributed by atoms with van der Waals surface area (Å²) < 4.78 is 25.6. The molecule has 0 aliphatic heterocycles. The van der Waals surface area contributed by atoms with Gasteiger partial charge in [-0.1, -0.05) is 38.1 Å². The highest BCUT2D eigenvalue weighted by Crippen LogP contribution is 2.47. The number of ether oxygens (including phenoxy) is 1. The van der Waals surface area contributed by atoms with Gasteiger partial charge in [-0.05, 0) is 47.7 Å². The van der Waals surface area contributed by atoms with Gasteiger partial charge in [0.15, 0.2) is 0 Å². The van der Waals surface area contributed by atoms with Crippen molar-refractivity contribution in [2.75, 3.05) is 13.2 Å². The van der Waals surface area contributed by atoms with E-state index >= 15 is 0 Å². The minimum Gasteiger partial charge on any atom is -0.477 e. The van der Waals surface area contributed by atoms with Crippen molar-refractivity contribution in [3.63, 3.8) is 0 Å². The van der Waals surface area contributed by atoms with Gasteiger partial charge < -0.3 is 14.4 Å². The Balaban J connectivity index is 1.80. The standard InChI is InChI=1S/C23H26NO6PS/c1-3-11-29-23(27)16(2)14-24-31(28,30-19-7-5-4-6-8-19)15-17-9-10-20-18(12-17)13-21(32-20)22(25)26/h4-10,12-13,16H,3,11,14-15H2,1-2H3,(H,24,28)(H,25,26). The molecule has 2 unspecified atom stereocenters. The number of carboxylic acids is 1. The molecule has 0 radical (unpaired) electrons. The molecule has 2 N–H and O–H groups in total. The van der Waals surface area contributed by atoms with Gasteiger partial charge in [0, 0.05) is 11.2 Å². The molecule has 9 heteroatoms. The zero-order valence-electron chi connectivity index (χ0n) is 17.9. The minimum absolute atomic E-state index is 0.0762. The Morgan fingerprint density at radius 3 is 2.59 bits per heavy atom. The van der Waals surface area contributed by atoms with Crippen LogP contribution < -0.4 is 9.61 Å². The summed E-state index contributed by atoms with van der Waals surface area (Å²) in [6, 6.07) is 15.9. The second-order valence-electron chi connectivity index (χ2n) is 7.45. The lowest BCUT2D eigenvalue weighted by Gasteiger charge is -2.22. The Morgan fingerprint density at radius 1 is 1.16 bits per heavy atom. The third-order valence-corrected chi connectivity index (χ3v) is 7.72. The average molecular weight is 476 g/mol. The van der Waals surface area contributed by atoms with E-state index in [1.165, 1.54) is 11.3 Å². The van der Waals surface area contributed by atoms with E-state index in [1.807, 2.05) is 31.2 Å². The normalized spacial score (nSPS) is 13.9. The highest BCUT2D eigenvalue weighted by molar-refractivity contribution is 7.56. The van der Waals surface area contributed by atoms with E-state index in [0.717, 1.165) is 22.1 Å². The highest BCUT2D eigenvalue weighted by Gasteiger charge is 2.28. The van der Waals surface area contributed by atoms with E-state index in [9.17, 15) is 19.3 Å². The Hall–Kier alpha value is -2.67. The van der Waals surface area contributed by atoms with Crippen LogP contribution in [0.5, 0.6) is 5.75 Å². The number of carbonyl (C=O) groups excluding carboxylic acids is 1. The fourth-order valence-electron chi connectivity index (χ4n) is 3.01. The van der Waals surface area contributed by atoms with Crippen LogP contribution in [0.25, 0.3) is 10.1 Å². The van der Waals surface area contributed by atoms with Gasteiger partial charge >= 0.3 is 19.5 Å². The van der Waals surface area contributed by atoms with Gasteiger partial charge in [-0.2, -0.15) is 0 Å². The second-order valence-corrected chi connectivity index (χ2v) is 10.7. The van der Waals surface area contributed by atoms with Crippen molar-refractivity contribution >= 4 is 40.9 Å². The van der Waals surface area contributed by atoms with Crippen molar-refractivity contribution in [1.82, 2.24) is 5.09 Å². The number of hydrogen-bond acceptors (Lipinski definition) is 6. The van der Waals surface area contributed by atoms with Crippen molar-refractivity contribution < 1.29 is 28.5 Å². The first-order valence-corrected chi connectivity index (χ1v) is 12.9. The third-order valence-electron chi connectivity index (χ3n) is 4.67. The van der Waals surface area contributed by atoms with Crippen LogP contribution in [0.3, 0.4) is 0 Å². The molecule has 0 fully saturated rings. The molecule has 0 amide bonds. The van der Waals surface area contributed by atoms with Gasteiger partial charge in [0.1, 0.15) is 10.6 Å². The summed E-state index contributed by atoms with van der Waals surface area (Å²) in [6.07, 6.45) is 0.808. The molecule has 0 saturated carbocycles. The summed E-state index contributed by atoms with van der Waals surface area (Å²) in [4.78, 5) is 23.6. The lowest BCUT2D eigenvalue weighted by atomic mass is 10.2. The van der Waals surface area contributed by atoms with Crippen LogP contribution in [0.4, 0.5) is 0 Å². The van der Waals surface area contributed by atoms with Crippen LogP contribution >= 0.6 is 18.9 Å². The topological polar surface area (TPSA) is 102 Å². The Morgan fingerprint density at radius 2 is 1.91 bits per heavy atom. The predicted octanol–water partition coefficient (Wildman–Crippen LogP) is 5.55. The molecule has 2 aromatic carbocycles. The number of thiophene rings is 1. The maximum absolute atomic E-state index is 13.8. The van der Waals surface area contributed by atoms with Crippen molar-refractivity contribution in [3.8, 4) is 5.75 Å². The molecule has 1 aromatic heterocycles. The van der Waals surface area contributed by atoms with Gasteiger partial charge in [0.2, 0.25) is 0 Å². The first-order valence-electron chi connectivity index (χ1n) is 10.3. The summed E-state index contributed by atoms with van der Waals surface area (Å²) in [5, 5.41) is 13.0. The van der Waals surface area contributed by atoms with Crippen LogP contribution in [0.15, 0.2) is 54.6 Å². The summed E-state index contributed by atoms with van der Waals surface area (Å²) in [7, 11) is -3.44. The van der Waals surface area contributed by atoms with Crippen LogP contribution in [0.1, 0.15) is 35.5 Å². The first kappa shape index (κ1) is 24.0. The molecule has 0 saturated heterocycles. The van der Waals surface area contributed by atoms with Crippen molar-refractivity contribution in [3.05, 3.63) is 65.0 Å². The van der Waals surface area contributed by atoms with E-state index < -0.39 is 19.4 Å². The molecular weight excluding hydrogens is 449 g/mol. The number of para-hydroxylation sites is 1. The number of fused-ring (bicyclic) bond motifs is 1. The average Bonchev–Trinajstić information content (AvgIpc) is 3.20. The molecule has 0 aliphatic rings. The number of esters is 1. The maximum Gasteiger partial charge on any atom is 0.345 e. The summed E-state index contributed by atoms with van der Waals surface area (Å²) in [5.74, 6) is -1.37. The molecule has 2 atom stereocenters. The van der Waals surface area contributed by atoms with Gasteiger partial charge in [-0.3, -0.25) is 9.36 Å². The SMILES string of the molecule is CCCOC(=O)C(C)CNP(=O)(Cc1ccc2sc(C(=O)O)cc2c1)Oc1ccccc1. The Kier molecular flexibility index (Phi) is 8.07. The number of hydrogen-bond donors (Lipinski definition) is 2. The summed E-state index contributed by atoms with van der Waals surface area (Å²) in [6.45, 7) is 4.11. The lowest BCUT2D eigenvalue weighted by Crippen LogP contribution is -2.28. The zero-order valence-corrected chi connectivity index (χ0v) is 19.7. The van der Waals surface area contributed by atoms with Gasteiger partial charge in [-0.25, -0.2) is 9.88 Å². The van der Waals surface area contributed by atoms with Gasteiger partial charge in [0.05, 0.1) is 18.7 Å². The van der Waals surface area contributed by atoms with Crippen LogP contribution in [-0.4, -0.2) is 30.2 Å². The van der Waals surface area contributed by atoms with E-state index in [1.54, 1.807) is 37.3 Å². The molecule has 170 valence electrons. The summed E-state index contributed by atoms with van der Waals surface area (Å²) >= 11 is 1.19. The highest BCUT2D eigenvalue weighted by atomic mass is 32.1. The monoisotopic (exact) mass is 475 g/mol. The van der Waals surface area contributed by atoms with Crippen molar-refractivity contribution in [2.24, 2.45) is 5.92 Å². The molecule has 32 heavy (non-hydrogen) atoms. The first-order chi connectivity index (χ1) is 15.3. The van der Waals surface area contributed by atoms with E-state index in [4.69, 9.17) is 9.26 Å². The van der Waals surface area contributed by atoms with E-state index in [0.29, 0.717) is 12.4 Å². The Labute approximate surface area is 190 Å². The molecule has 1 heterocycles. The molecule has 0 spiro atoms. The molecule has 3 rings (SSSR count). The van der Waals surface area contributed by atoms with Crippen molar-refractivity contribution in [2.45, 2.75) is 26.4 Å². The number of carboxylic acid groups (broad SMARTS) is 1. The van der Waals surface area contributed by atoms with Crippen molar-refractivity contribution in [1.29, 1.82) is 0 Å². The molecule has 3 aromatic rings. The molecular formula is C23H26NO6PS. The fourth-order valence-corrected chi connectivity index (χ4v) is 5.83. The zero-order chi connectivity index (χ0) is 23.1. The number of rotatable bonds is 11. The van der Waals surface area contributed by atoms with E-state index in [2.05, 4.69) is 5.09 Å². The molecule has 7 nitrogen and oxygen atoms in total. The lowest BCUT2D eigenvalue weighted by molar-refractivity contribution is -0.147. The van der Waals surface area contributed by atoms with Gasteiger partial charge in [0.25, 0.3) is 0 Å². The maximum atomic E-state index is 13.8. The van der Waals surface area contributed by atoms with Crippen LogP contribution in [-0.2, 0) is 20.3 Å². The smallest absolute Gasteiger partial charge is 0.345 e. The van der Waals surface area contributed by atoms with Gasteiger partial charge in [-0.15, -0.1) is 11.3 Å². The number of benzene rings is 2. The van der Waals surface area contributed by atoms with Crippen LogP contribution in [0.2, 0.25) is 0 Å². The molecule has 0 bridgehead atoms. The quantitative estimate of drug-likeness (QED) is 0.277. The minimum atomic E-state index is -3.44.